The van der Waals surface area contributed by atoms with Gasteiger partial charge in [0.15, 0.2) is 0 Å². The maximum atomic E-state index is 10.5. The predicted octanol–water partition coefficient (Wildman–Crippen LogP) is 2.98. The smallest absolute Gasteiger partial charge is 0.222 e. The van der Waals surface area contributed by atoms with Crippen LogP contribution in [0.5, 0.6) is 0 Å². The molecule has 92 valence electrons. The molecule has 17 heavy (non-hydrogen) atoms. The van der Waals surface area contributed by atoms with Gasteiger partial charge in [-0.05, 0) is 23.8 Å². The van der Waals surface area contributed by atoms with Crippen LogP contribution in [0.25, 0.3) is 0 Å². The largest absolute Gasteiger partial charge is 0.612 e. The molecule has 0 unspecified atom stereocenters. The number of rotatable bonds is 1. The van der Waals surface area contributed by atoms with Crippen LogP contribution in [0.1, 0.15) is 20.8 Å². The first-order valence-electron chi connectivity index (χ1n) is 5.29. The van der Waals surface area contributed by atoms with Gasteiger partial charge in [0.05, 0.1) is 5.76 Å². The lowest BCUT2D eigenvalue weighted by molar-refractivity contribution is -0.377. The molecule has 0 fully saturated rings. The van der Waals surface area contributed by atoms with E-state index in [1.54, 1.807) is 24.3 Å². The molecule has 0 amide bonds. The van der Waals surface area contributed by atoms with Gasteiger partial charge in [-0.1, -0.05) is 26.8 Å². The van der Waals surface area contributed by atoms with Crippen LogP contribution in [0, 0.1) is 15.8 Å². The van der Waals surface area contributed by atoms with E-state index in [1.807, 2.05) is 20.8 Å². The van der Waals surface area contributed by atoms with Gasteiger partial charge in [0.25, 0.3) is 0 Å². The number of hydrogen-bond donors (Lipinski definition) is 1. The molecule has 0 spiro atoms. The molecule has 1 aliphatic carbocycles. The zero-order valence-electron chi connectivity index (χ0n) is 10.2. The summed E-state index contributed by atoms with van der Waals surface area (Å²) in [6.07, 6.45) is 9.50. The predicted molar refractivity (Wildman–Crippen MR) is 68.5 cm³/mol. The van der Waals surface area contributed by atoms with Crippen molar-refractivity contribution in [3.8, 4) is 0 Å². The third-order valence-electron chi connectivity index (χ3n) is 2.31. The van der Waals surface area contributed by atoms with Gasteiger partial charge in [0.1, 0.15) is 0 Å². The second-order valence-corrected chi connectivity index (χ2v) is 4.82. The maximum absolute atomic E-state index is 10.5. The standard InChI is InChI=1S/C13H16NO3/c1-13(2,3)12(15)9-6-10-4-7-11(8-5-10)14(16)17/h4-9H,1-3H3,(H-,15,16,17)/q-1. The van der Waals surface area contributed by atoms with Gasteiger partial charge in [-0.15, -0.1) is 0 Å². The Balaban J connectivity index is 2.84. The number of hydrogen-bond acceptors (Lipinski definition) is 3. The topological polar surface area (TPSA) is 69.4 Å². The highest BCUT2D eigenvalue weighted by Crippen LogP contribution is 2.22. The van der Waals surface area contributed by atoms with Crippen molar-refractivity contribution < 1.29 is 10.0 Å². The van der Waals surface area contributed by atoms with Gasteiger partial charge in [-0.25, -0.2) is 0 Å². The summed E-state index contributed by atoms with van der Waals surface area (Å²) >= 11 is 0. The highest BCUT2D eigenvalue weighted by molar-refractivity contribution is 6.02. The average molecular weight is 234 g/mol. The zero-order chi connectivity index (χ0) is 13.1. The summed E-state index contributed by atoms with van der Waals surface area (Å²) in [5.41, 5.74) is 0.578. The minimum Gasteiger partial charge on any atom is -0.612 e. The van der Waals surface area contributed by atoms with Crippen molar-refractivity contribution in [1.29, 1.82) is 0 Å². The number of allylic oxidation sites excluding steroid dienone is 8. The Hall–Kier alpha value is -1.97. The fourth-order valence-electron chi connectivity index (χ4n) is 1.13. The molecule has 1 N–H and O–H groups in total. The third kappa shape index (κ3) is 3.83. The second-order valence-electron chi connectivity index (χ2n) is 4.82. The van der Waals surface area contributed by atoms with E-state index >= 15 is 0 Å². The van der Waals surface area contributed by atoms with E-state index in [0.29, 0.717) is 0 Å². The Morgan fingerprint density at radius 2 is 1.71 bits per heavy atom. The van der Waals surface area contributed by atoms with E-state index in [0.717, 1.165) is 5.57 Å². The van der Waals surface area contributed by atoms with Gasteiger partial charge >= 0.3 is 0 Å². The molecule has 1 aliphatic rings. The molecule has 0 atom stereocenters. The Bertz CT molecular complexity index is 424. The first kappa shape index (κ1) is 13.1. The van der Waals surface area contributed by atoms with Crippen LogP contribution >= 0.6 is 0 Å². The number of nitrogens with zero attached hydrogens (tertiary/aromatic N) is 1. The molecule has 0 saturated heterocycles. The van der Waals surface area contributed by atoms with Crippen molar-refractivity contribution >= 4 is 5.71 Å². The molecule has 0 saturated carbocycles. The molecule has 0 aromatic heterocycles. The van der Waals surface area contributed by atoms with Gasteiger partial charge in [0, 0.05) is 17.6 Å². The van der Waals surface area contributed by atoms with Crippen LogP contribution in [-0.4, -0.2) is 15.7 Å². The second kappa shape index (κ2) is 4.91. The first-order valence-corrected chi connectivity index (χ1v) is 5.29. The van der Waals surface area contributed by atoms with Gasteiger partial charge < -0.3 is 15.5 Å². The maximum Gasteiger partial charge on any atom is 0.222 e. The third-order valence-corrected chi connectivity index (χ3v) is 2.31. The quantitative estimate of drug-likeness (QED) is 0.430. The summed E-state index contributed by atoms with van der Waals surface area (Å²) in [4.78, 5) is -0.438. The lowest BCUT2D eigenvalue weighted by atomic mass is 9.93. The number of aliphatic hydroxyl groups excluding tert-OH is 1. The van der Waals surface area contributed by atoms with Crippen molar-refractivity contribution in [2.24, 2.45) is 5.41 Å². The Morgan fingerprint density at radius 3 is 2.12 bits per heavy atom. The summed E-state index contributed by atoms with van der Waals surface area (Å²) in [7, 11) is 0. The van der Waals surface area contributed by atoms with E-state index in [-0.39, 0.29) is 16.9 Å². The van der Waals surface area contributed by atoms with Crippen LogP contribution in [-0.2, 0) is 0 Å². The SMILES string of the molecule is CC(C)(C)C(O)=CC=C1C=CC(=[N+]([O-])[O-])C=C1. The Kier molecular flexibility index (Phi) is 3.78. The minimum atomic E-state index is -0.438. The van der Waals surface area contributed by atoms with Crippen molar-refractivity contribution in [2.45, 2.75) is 20.8 Å². The minimum absolute atomic E-state index is 0.0613. The molecule has 0 bridgehead atoms. The summed E-state index contributed by atoms with van der Waals surface area (Å²) in [5, 5.41) is 30.6. The van der Waals surface area contributed by atoms with E-state index < -0.39 is 4.90 Å². The first-order chi connectivity index (χ1) is 7.80. The number of aliphatic hydroxyl groups is 1. The molecule has 0 aromatic rings. The molecule has 1 rings (SSSR count). The summed E-state index contributed by atoms with van der Waals surface area (Å²) in [6, 6.07) is 0. The molecule has 4 nitrogen and oxygen atoms in total. The Labute approximate surface area is 101 Å². The van der Waals surface area contributed by atoms with Gasteiger partial charge in [-0.2, -0.15) is 4.90 Å². The molecular weight excluding hydrogens is 218 g/mol. The summed E-state index contributed by atoms with van der Waals surface area (Å²) in [5.74, 6) is 0.274. The van der Waals surface area contributed by atoms with Crippen molar-refractivity contribution in [3.05, 3.63) is 58.2 Å². The van der Waals surface area contributed by atoms with Crippen LogP contribution in [0.4, 0.5) is 0 Å². The molecular formula is C13H16NO3-. The Morgan fingerprint density at radius 1 is 1.18 bits per heavy atom. The van der Waals surface area contributed by atoms with Crippen LogP contribution in [0.15, 0.2) is 47.8 Å². The van der Waals surface area contributed by atoms with E-state index in [1.165, 1.54) is 12.2 Å². The fraction of sp³-hybridized carbons (Fsp3) is 0.308. The van der Waals surface area contributed by atoms with Crippen molar-refractivity contribution in [1.82, 2.24) is 0 Å². The van der Waals surface area contributed by atoms with Gasteiger partial charge in [-0.3, -0.25) is 0 Å². The normalized spacial score (nSPS) is 16.3. The van der Waals surface area contributed by atoms with Crippen LogP contribution in [0.2, 0.25) is 0 Å². The average Bonchev–Trinajstić information content (AvgIpc) is 2.25. The zero-order valence-corrected chi connectivity index (χ0v) is 10.2. The van der Waals surface area contributed by atoms with Crippen LogP contribution < -0.4 is 0 Å². The van der Waals surface area contributed by atoms with E-state index in [9.17, 15) is 15.5 Å². The molecule has 0 heterocycles. The molecule has 4 heteroatoms. The summed E-state index contributed by atoms with van der Waals surface area (Å²) < 4.78 is 0. The van der Waals surface area contributed by atoms with E-state index in [2.05, 4.69) is 0 Å². The van der Waals surface area contributed by atoms with E-state index in [4.69, 9.17) is 0 Å². The van der Waals surface area contributed by atoms with Crippen molar-refractivity contribution in [2.75, 3.05) is 0 Å². The lowest BCUT2D eigenvalue weighted by Gasteiger charge is -2.16. The lowest BCUT2D eigenvalue weighted by Crippen LogP contribution is -2.08. The molecule has 0 aliphatic heterocycles. The van der Waals surface area contributed by atoms with Gasteiger partial charge in [0.2, 0.25) is 5.71 Å². The summed E-state index contributed by atoms with van der Waals surface area (Å²) in [6.45, 7) is 5.72. The molecule has 0 radical (unpaired) electrons. The van der Waals surface area contributed by atoms with Crippen molar-refractivity contribution in [3.63, 3.8) is 0 Å². The monoisotopic (exact) mass is 234 g/mol. The van der Waals surface area contributed by atoms with Crippen LogP contribution in [0.3, 0.4) is 0 Å². The highest BCUT2D eigenvalue weighted by Gasteiger charge is 2.14. The molecule has 0 aromatic carbocycles. The fourth-order valence-corrected chi connectivity index (χ4v) is 1.13. The highest BCUT2D eigenvalue weighted by atomic mass is 16.8.